The monoisotopic (exact) mass is 255 g/mol. The van der Waals surface area contributed by atoms with Gasteiger partial charge in [0, 0.05) is 17.5 Å². The van der Waals surface area contributed by atoms with Gasteiger partial charge in [-0.3, -0.25) is 4.79 Å². The number of carbonyl (C=O) groups excluding carboxylic acids is 1. The zero-order valence-corrected chi connectivity index (χ0v) is 10.7. The van der Waals surface area contributed by atoms with Crippen molar-refractivity contribution in [1.29, 1.82) is 0 Å². The van der Waals surface area contributed by atoms with Gasteiger partial charge in [0.05, 0.1) is 10.7 Å². The van der Waals surface area contributed by atoms with Crippen molar-refractivity contribution in [3.8, 4) is 11.5 Å². The van der Waals surface area contributed by atoms with Crippen molar-refractivity contribution in [2.24, 2.45) is 5.41 Å². The molecule has 1 N–H and O–H groups in total. The molecular weight excluding hydrogens is 242 g/mol. The van der Waals surface area contributed by atoms with E-state index in [1.54, 1.807) is 12.1 Å². The SMILES string of the molecule is CC(C)(C)C(=O)Nc1cc2c(cc1Cl)OCO2. The van der Waals surface area contributed by atoms with Gasteiger partial charge in [0.15, 0.2) is 11.5 Å². The molecule has 1 aromatic carbocycles. The van der Waals surface area contributed by atoms with E-state index >= 15 is 0 Å². The minimum atomic E-state index is -0.473. The molecular formula is C12H14ClNO3. The van der Waals surface area contributed by atoms with Gasteiger partial charge in [-0.15, -0.1) is 0 Å². The van der Waals surface area contributed by atoms with E-state index in [2.05, 4.69) is 5.32 Å². The predicted molar refractivity (Wildman–Crippen MR) is 65.7 cm³/mol. The second-order valence-electron chi connectivity index (χ2n) is 4.89. The summed E-state index contributed by atoms with van der Waals surface area (Å²) in [5, 5.41) is 3.21. The van der Waals surface area contributed by atoms with E-state index in [1.165, 1.54) is 0 Å². The first-order chi connectivity index (χ1) is 7.88. The Labute approximate surface area is 105 Å². The fraction of sp³-hybridized carbons (Fsp3) is 0.417. The first-order valence-corrected chi connectivity index (χ1v) is 5.66. The van der Waals surface area contributed by atoms with E-state index < -0.39 is 5.41 Å². The Balaban J connectivity index is 2.25. The second kappa shape index (κ2) is 4.11. The lowest BCUT2D eigenvalue weighted by atomic mass is 9.95. The number of carbonyl (C=O) groups is 1. The van der Waals surface area contributed by atoms with Crippen LogP contribution in [0.25, 0.3) is 0 Å². The summed E-state index contributed by atoms with van der Waals surface area (Å²) in [7, 11) is 0. The van der Waals surface area contributed by atoms with Crippen LogP contribution in [0.2, 0.25) is 5.02 Å². The molecule has 2 rings (SSSR count). The number of benzene rings is 1. The number of rotatable bonds is 1. The number of anilines is 1. The second-order valence-corrected chi connectivity index (χ2v) is 5.30. The lowest BCUT2D eigenvalue weighted by Gasteiger charge is -2.18. The van der Waals surface area contributed by atoms with Crippen LogP contribution in [0, 0.1) is 5.41 Å². The third-order valence-electron chi connectivity index (χ3n) is 2.39. The summed E-state index contributed by atoms with van der Waals surface area (Å²) >= 11 is 6.05. The highest BCUT2D eigenvalue weighted by molar-refractivity contribution is 6.34. The molecule has 1 aromatic rings. The third-order valence-corrected chi connectivity index (χ3v) is 2.70. The van der Waals surface area contributed by atoms with Gasteiger partial charge in [0.2, 0.25) is 12.7 Å². The van der Waals surface area contributed by atoms with Gasteiger partial charge in [0.1, 0.15) is 0 Å². The summed E-state index contributed by atoms with van der Waals surface area (Å²) in [5.74, 6) is 1.10. The Kier molecular flexibility index (Phi) is 2.91. The molecule has 0 aromatic heterocycles. The van der Waals surface area contributed by atoms with Crippen LogP contribution in [-0.4, -0.2) is 12.7 Å². The Morgan fingerprint density at radius 1 is 1.29 bits per heavy atom. The number of fused-ring (bicyclic) bond motifs is 1. The van der Waals surface area contributed by atoms with Crippen LogP contribution in [0.3, 0.4) is 0 Å². The fourth-order valence-corrected chi connectivity index (χ4v) is 1.52. The number of hydrogen-bond donors (Lipinski definition) is 1. The molecule has 17 heavy (non-hydrogen) atoms. The molecule has 4 nitrogen and oxygen atoms in total. The standard InChI is InChI=1S/C12H14ClNO3/c1-12(2,3)11(15)14-8-5-10-9(4-7(8)13)16-6-17-10/h4-5H,6H2,1-3H3,(H,14,15). The molecule has 1 aliphatic heterocycles. The van der Waals surface area contributed by atoms with Gasteiger partial charge < -0.3 is 14.8 Å². The van der Waals surface area contributed by atoms with Crippen molar-refractivity contribution in [3.63, 3.8) is 0 Å². The van der Waals surface area contributed by atoms with Crippen molar-refractivity contribution < 1.29 is 14.3 Å². The normalized spacial score (nSPS) is 13.6. The molecule has 0 saturated carbocycles. The predicted octanol–water partition coefficient (Wildman–Crippen LogP) is 3.05. The number of hydrogen-bond acceptors (Lipinski definition) is 3. The zero-order chi connectivity index (χ0) is 12.6. The first kappa shape index (κ1) is 12.0. The smallest absolute Gasteiger partial charge is 0.231 e. The number of nitrogens with one attached hydrogen (secondary N) is 1. The average Bonchev–Trinajstić information content (AvgIpc) is 2.63. The summed E-state index contributed by atoms with van der Waals surface area (Å²) in [6, 6.07) is 3.32. The fourth-order valence-electron chi connectivity index (χ4n) is 1.32. The Hall–Kier alpha value is -1.42. The van der Waals surface area contributed by atoms with Crippen LogP contribution < -0.4 is 14.8 Å². The van der Waals surface area contributed by atoms with Crippen LogP contribution in [0.15, 0.2) is 12.1 Å². The number of halogens is 1. The summed E-state index contributed by atoms with van der Waals surface area (Å²) in [4.78, 5) is 11.8. The maximum absolute atomic E-state index is 11.8. The van der Waals surface area contributed by atoms with Crippen molar-refractivity contribution in [2.45, 2.75) is 20.8 Å². The number of amides is 1. The van der Waals surface area contributed by atoms with Gasteiger partial charge in [-0.2, -0.15) is 0 Å². The van der Waals surface area contributed by atoms with Crippen molar-refractivity contribution in [1.82, 2.24) is 0 Å². The Morgan fingerprint density at radius 2 is 1.88 bits per heavy atom. The van der Waals surface area contributed by atoms with Gasteiger partial charge in [-0.05, 0) is 0 Å². The van der Waals surface area contributed by atoms with Gasteiger partial charge in [0.25, 0.3) is 0 Å². The zero-order valence-electron chi connectivity index (χ0n) is 9.96. The molecule has 0 spiro atoms. The first-order valence-electron chi connectivity index (χ1n) is 5.28. The molecule has 0 aliphatic carbocycles. The minimum Gasteiger partial charge on any atom is -0.454 e. The molecule has 0 fully saturated rings. The molecule has 92 valence electrons. The van der Waals surface area contributed by atoms with Gasteiger partial charge in [-0.1, -0.05) is 32.4 Å². The maximum Gasteiger partial charge on any atom is 0.231 e. The summed E-state index contributed by atoms with van der Waals surface area (Å²) in [6.45, 7) is 5.69. The molecule has 1 amide bonds. The molecule has 1 aliphatic rings. The Morgan fingerprint density at radius 3 is 2.47 bits per heavy atom. The van der Waals surface area contributed by atoms with Crippen LogP contribution in [0.5, 0.6) is 11.5 Å². The van der Waals surface area contributed by atoms with Crippen LogP contribution in [0.4, 0.5) is 5.69 Å². The highest BCUT2D eigenvalue weighted by Gasteiger charge is 2.23. The van der Waals surface area contributed by atoms with Crippen LogP contribution >= 0.6 is 11.6 Å². The minimum absolute atomic E-state index is 0.0988. The van der Waals surface area contributed by atoms with Crippen molar-refractivity contribution in [2.75, 3.05) is 12.1 Å². The summed E-state index contributed by atoms with van der Waals surface area (Å²) in [6.07, 6.45) is 0. The van der Waals surface area contributed by atoms with E-state index in [0.717, 1.165) is 0 Å². The summed E-state index contributed by atoms with van der Waals surface area (Å²) < 4.78 is 10.4. The highest BCUT2D eigenvalue weighted by atomic mass is 35.5. The maximum atomic E-state index is 11.8. The molecule has 0 radical (unpaired) electrons. The van der Waals surface area contributed by atoms with Crippen LogP contribution in [0.1, 0.15) is 20.8 Å². The van der Waals surface area contributed by atoms with E-state index in [0.29, 0.717) is 22.2 Å². The highest BCUT2D eigenvalue weighted by Crippen LogP contribution is 2.39. The largest absolute Gasteiger partial charge is 0.454 e. The lowest BCUT2D eigenvalue weighted by Crippen LogP contribution is -2.27. The van der Waals surface area contributed by atoms with Crippen molar-refractivity contribution >= 4 is 23.2 Å². The van der Waals surface area contributed by atoms with E-state index in [1.807, 2.05) is 20.8 Å². The molecule has 1 heterocycles. The molecule has 0 atom stereocenters. The average molecular weight is 256 g/mol. The van der Waals surface area contributed by atoms with E-state index in [-0.39, 0.29) is 12.7 Å². The molecule has 5 heteroatoms. The van der Waals surface area contributed by atoms with Gasteiger partial charge >= 0.3 is 0 Å². The van der Waals surface area contributed by atoms with E-state index in [9.17, 15) is 4.79 Å². The van der Waals surface area contributed by atoms with Crippen molar-refractivity contribution in [3.05, 3.63) is 17.2 Å². The lowest BCUT2D eigenvalue weighted by molar-refractivity contribution is -0.123. The van der Waals surface area contributed by atoms with Gasteiger partial charge in [-0.25, -0.2) is 0 Å². The molecule has 0 saturated heterocycles. The van der Waals surface area contributed by atoms with E-state index in [4.69, 9.17) is 21.1 Å². The third kappa shape index (κ3) is 2.47. The Bertz CT molecular complexity index is 466. The number of ether oxygens (including phenoxy) is 2. The topological polar surface area (TPSA) is 47.6 Å². The quantitative estimate of drug-likeness (QED) is 0.839. The molecule has 0 bridgehead atoms. The summed E-state index contributed by atoms with van der Waals surface area (Å²) in [5.41, 5.74) is 0.0653. The molecule has 0 unspecified atom stereocenters. The van der Waals surface area contributed by atoms with Crippen LogP contribution in [-0.2, 0) is 4.79 Å².